The summed E-state index contributed by atoms with van der Waals surface area (Å²) < 4.78 is 27.9. The molecule has 1 N–H and O–H groups in total. The molecule has 0 unspecified atom stereocenters. The third-order valence-corrected chi connectivity index (χ3v) is 7.50. The number of hydrogen-bond donors (Lipinski definition) is 1. The molecule has 0 saturated carbocycles. The molecule has 0 radical (unpaired) electrons. The predicted molar refractivity (Wildman–Crippen MR) is 99.9 cm³/mol. The molecule has 0 spiro atoms. The number of nitrogens with one attached hydrogen (secondary N) is 1. The van der Waals surface area contributed by atoms with Crippen LogP contribution in [0.4, 0.5) is 5.69 Å². The first-order valence-corrected chi connectivity index (χ1v) is 11.0. The molecule has 1 aromatic rings. The third-order valence-electron chi connectivity index (χ3n) is 3.83. The molecule has 2 atom stereocenters. The number of carbonyl (C=O) groups excluding carboxylic acids is 2. The van der Waals surface area contributed by atoms with Crippen LogP contribution in [0.1, 0.15) is 18.9 Å². The van der Waals surface area contributed by atoms with E-state index in [4.69, 9.17) is 16.3 Å². The summed E-state index contributed by atoms with van der Waals surface area (Å²) in [6.45, 7) is 3.26. The first kappa shape index (κ1) is 20.1. The normalized spacial score (nSPS) is 20.0. The van der Waals surface area contributed by atoms with E-state index >= 15 is 0 Å². The molecule has 1 fully saturated rings. The lowest BCUT2D eigenvalue weighted by molar-refractivity contribution is -0.150. The van der Waals surface area contributed by atoms with Crippen LogP contribution >= 0.6 is 23.4 Å². The SMILES string of the molecule is Cc1c(Cl)cccc1NC(=O)[C@H](C)OC(=O)CS[C@H]1CCS(=O)(=O)C1. The van der Waals surface area contributed by atoms with Crippen LogP contribution in [0.3, 0.4) is 0 Å². The van der Waals surface area contributed by atoms with Gasteiger partial charge in [-0.05, 0) is 38.0 Å². The van der Waals surface area contributed by atoms with Gasteiger partial charge in [0, 0.05) is 16.0 Å². The molecular weight excluding hydrogens is 386 g/mol. The van der Waals surface area contributed by atoms with E-state index in [-0.39, 0.29) is 22.5 Å². The predicted octanol–water partition coefficient (Wildman–Crippen LogP) is 2.44. The minimum atomic E-state index is -2.97. The second kappa shape index (κ2) is 8.42. The van der Waals surface area contributed by atoms with Crippen molar-refractivity contribution in [2.75, 3.05) is 22.6 Å². The lowest BCUT2D eigenvalue weighted by Crippen LogP contribution is -2.31. The molecule has 1 aliphatic heterocycles. The fourth-order valence-electron chi connectivity index (χ4n) is 2.34. The van der Waals surface area contributed by atoms with Gasteiger partial charge in [0.05, 0.1) is 17.3 Å². The second-order valence-electron chi connectivity index (χ2n) is 5.87. The molecule has 6 nitrogen and oxygen atoms in total. The summed E-state index contributed by atoms with van der Waals surface area (Å²) in [6.07, 6.45) is -0.413. The van der Waals surface area contributed by atoms with Crippen LogP contribution in [-0.2, 0) is 24.2 Å². The van der Waals surface area contributed by atoms with Crippen LogP contribution in [0, 0.1) is 6.92 Å². The Labute approximate surface area is 156 Å². The number of benzene rings is 1. The summed E-state index contributed by atoms with van der Waals surface area (Å²) in [6, 6.07) is 5.15. The standard InChI is InChI=1S/C16H20ClNO5S2/c1-10-13(17)4-3-5-14(10)18-16(20)11(2)23-15(19)8-24-12-6-7-25(21,22)9-12/h3-5,11-12H,6-9H2,1-2H3,(H,18,20)/t11-,12-/m0/s1. The van der Waals surface area contributed by atoms with Crippen LogP contribution < -0.4 is 5.32 Å². The van der Waals surface area contributed by atoms with Crippen molar-refractivity contribution in [3.8, 4) is 0 Å². The monoisotopic (exact) mass is 405 g/mol. The molecule has 1 aliphatic rings. The summed E-state index contributed by atoms with van der Waals surface area (Å²) in [7, 11) is -2.97. The number of ether oxygens (including phenoxy) is 1. The Morgan fingerprint density at radius 2 is 2.16 bits per heavy atom. The molecule has 0 bridgehead atoms. The fourth-order valence-corrected chi connectivity index (χ4v) is 5.94. The summed E-state index contributed by atoms with van der Waals surface area (Å²) in [4.78, 5) is 24.0. The zero-order valence-electron chi connectivity index (χ0n) is 14.0. The summed E-state index contributed by atoms with van der Waals surface area (Å²) in [5.74, 6) is -0.715. The molecule has 9 heteroatoms. The van der Waals surface area contributed by atoms with Gasteiger partial charge in [-0.15, -0.1) is 11.8 Å². The molecule has 1 saturated heterocycles. The Kier molecular flexibility index (Phi) is 6.76. The van der Waals surface area contributed by atoms with Gasteiger partial charge < -0.3 is 10.1 Å². The van der Waals surface area contributed by atoms with Gasteiger partial charge in [0.15, 0.2) is 15.9 Å². The second-order valence-corrected chi connectivity index (χ2v) is 9.79. The van der Waals surface area contributed by atoms with Crippen molar-refractivity contribution in [2.24, 2.45) is 0 Å². The number of anilines is 1. The van der Waals surface area contributed by atoms with Crippen molar-refractivity contribution >= 4 is 50.8 Å². The van der Waals surface area contributed by atoms with E-state index in [0.29, 0.717) is 17.1 Å². The molecular formula is C16H20ClNO5S2. The molecule has 1 heterocycles. The lowest BCUT2D eigenvalue weighted by atomic mass is 10.2. The molecule has 0 aliphatic carbocycles. The number of sulfone groups is 1. The number of hydrogen-bond acceptors (Lipinski definition) is 6. The number of halogens is 1. The van der Waals surface area contributed by atoms with Crippen molar-refractivity contribution in [1.29, 1.82) is 0 Å². The summed E-state index contributed by atoms with van der Waals surface area (Å²) >= 11 is 7.26. The molecule has 1 amide bonds. The highest BCUT2D eigenvalue weighted by Crippen LogP contribution is 2.25. The number of thioether (sulfide) groups is 1. The first-order chi connectivity index (χ1) is 11.7. The maximum Gasteiger partial charge on any atom is 0.316 e. The van der Waals surface area contributed by atoms with Gasteiger partial charge >= 0.3 is 5.97 Å². The lowest BCUT2D eigenvalue weighted by Gasteiger charge is -2.15. The van der Waals surface area contributed by atoms with Gasteiger partial charge in [-0.3, -0.25) is 9.59 Å². The highest BCUT2D eigenvalue weighted by molar-refractivity contribution is 8.02. The van der Waals surface area contributed by atoms with E-state index in [2.05, 4.69) is 5.32 Å². The van der Waals surface area contributed by atoms with E-state index < -0.39 is 27.8 Å². The highest BCUT2D eigenvalue weighted by Gasteiger charge is 2.29. The average Bonchev–Trinajstić information content (AvgIpc) is 2.89. The Bertz CT molecular complexity index is 766. The average molecular weight is 406 g/mol. The van der Waals surface area contributed by atoms with Crippen molar-refractivity contribution < 1.29 is 22.7 Å². The smallest absolute Gasteiger partial charge is 0.316 e. The third kappa shape index (κ3) is 5.90. The number of rotatable bonds is 6. The van der Waals surface area contributed by atoms with Crippen molar-refractivity contribution in [3.63, 3.8) is 0 Å². The summed E-state index contributed by atoms with van der Waals surface area (Å²) in [5, 5.41) is 3.12. The zero-order chi connectivity index (χ0) is 18.6. The van der Waals surface area contributed by atoms with Gasteiger partial charge in [-0.25, -0.2) is 8.42 Å². The van der Waals surface area contributed by atoms with Crippen LogP contribution in [0.2, 0.25) is 5.02 Å². The van der Waals surface area contributed by atoms with Crippen LogP contribution in [-0.4, -0.2) is 48.9 Å². The number of amides is 1. The Balaban J connectivity index is 1.80. The van der Waals surface area contributed by atoms with E-state index in [1.807, 2.05) is 0 Å². The van der Waals surface area contributed by atoms with Crippen molar-refractivity contribution in [1.82, 2.24) is 0 Å². The van der Waals surface area contributed by atoms with E-state index in [1.165, 1.54) is 18.7 Å². The van der Waals surface area contributed by atoms with Gasteiger partial charge in [0.25, 0.3) is 5.91 Å². The maximum absolute atomic E-state index is 12.1. The first-order valence-electron chi connectivity index (χ1n) is 7.75. The van der Waals surface area contributed by atoms with Crippen LogP contribution in [0.15, 0.2) is 18.2 Å². The van der Waals surface area contributed by atoms with Crippen molar-refractivity contribution in [2.45, 2.75) is 31.6 Å². The van der Waals surface area contributed by atoms with Gasteiger partial charge in [0.1, 0.15) is 0 Å². The van der Waals surface area contributed by atoms with Crippen LogP contribution in [0.25, 0.3) is 0 Å². The number of carbonyl (C=O) groups is 2. The fraction of sp³-hybridized carbons (Fsp3) is 0.500. The minimum absolute atomic E-state index is 0.0218. The summed E-state index contributed by atoms with van der Waals surface area (Å²) in [5.41, 5.74) is 1.29. The van der Waals surface area contributed by atoms with Crippen LogP contribution in [0.5, 0.6) is 0 Å². The number of esters is 1. The zero-order valence-corrected chi connectivity index (χ0v) is 16.3. The Morgan fingerprint density at radius 1 is 1.44 bits per heavy atom. The van der Waals surface area contributed by atoms with E-state index in [0.717, 1.165) is 5.56 Å². The van der Waals surface area contributed by atoms with Gasteiger partial charge in [0.2, 0.25) is 0 Å². The quantitative estimate of drug-likeness (QED) is 0.731. The molecule has 0 aromatic heterocycles. The Hall–Kier alpha value is -1.25. The van der Waals surface area contributed by atoms with E-state index in [9.17, 15) is 18.0 Å². The van der Waals surface area contributed by atoms with Gasteiger partial charge in [-0.1, -0.05) is 17.7 Å². The molecule has 138 valence electrons. The molecule has 25 heavy (non-hydrogen) atoms. The molecule has 1 aromatic carbocycles. The maximum atomic E-state index is 12.1. The highest BCUT2D eigenvalue weighted by atomic mass is 35.5. The van der Waals surface area contributed by atoms with E-state index in [1.54, 1.807) is 25.1 Å². The topological polar surface area (TPSA) is 89.5 Å². The van der Waals surface area contributed by atoms with Crippen molar-refractivity contribution in [3.05, 3.63) is 28.8 Å². The minimum Gasteiger partial charge on any atom is -0.452 e. The Morgan fingerprint density at radius 3 is 2.80 bits per heavy atom. The largest absolute Gasteiger partial charge is 0.452 e. The van der Waals surface area contributed by atoms with Gasteiger partial charge in [-0.2, -0.15) is 0 Å². The molecule has 2 rings (SSSR count).